The molecule has 0 saturated heterocycles. The molecule has 1 aromatic carbocycles. The summed E-state index contributed by atoms with van der Waals surface area (Å²) in [7, 11) is 1.81. The molecule has 1 aliphatic rings. The van der Waals surface area contributed by atoms with Gasteiger partial charge in [0.1, 0.15) is 5.78 Å². The number of hydrogen-bond acceptors (Lipinski definition) is 2. The molecule has 0 atom stereocenters. The summed E-state index contributed by atoms with van der Waals surface area (Å²) in [6.45, 7) is 3.13. The maximum Gasteiger partial charge on any atom is 0.324 e. The second-order valence-corrected chi connectivity index (χ2v) is 4.91. The molecule has 1 aromatic rings. The zero-order valence-electron chi connectivity index (χ0n) is 11.6. The van der Waals surface area contributed by atoms with Gasteiger partial charge in [-0.15, -0.1) is 0 Å². The van der Waals surface area contributed by atoms with Crippen molar-refractivity contribution in [2.45, 2.75) is 32.7 Å². The minimum atomic E-state index is 0.0163. The van der Waals surface area contributed by atoms with Crippen LogP contribution in [0.3, 0.4) is 0 Å². The van der Waals surface area contributed by atoms with Crippen molar-refractivity contribution in [1.29, 1.82) is 0 Å². The van der Waals surface area contributed by atoms with E-state index in [4.69, 9.17) is 0 Å². The van der Waals surface area contributed by atoms with Crippen molar-refractivity contribution in [2.24, 2.45) is 0 Å². The zero-order valence-corrected chi connectivity index (χ0v) is 11.6. The number of amides is 2. The lowest BCUT2D eigenvalue weighted by Gasteiger charge is -2.35. The molecule has 0 bridgehead atoms. The van der Waals surface area contributed by atoms with Gasteiger partial charge in [0, 0.05) is 33.0 Å². The lowest BCUT2D eigenvalue weighted by atomic mass is 10.1. The van der Waals surface area contributed by atoms with Crippen LogP contribution < -0.4 is 4.90 Å². The first-order valence-electron chi connectivity index (χ1n) is 6.75. The summed E-state index contributed by atoms with van der Waals surface area (Å²) in [5, 5.41) is 0. The monoisotopic (exact) mass is 260 g/mol. The Kier molecular flexibility index (Phi) is 4.20. The Hall–Kier alpha value is -1.84. The van der Waals surface area contributed by atoms with Crippen molar-refractivity contribution >= 4 is 17.5 Å². The van der Waals surface area contributed by atoms with E-state index in [2.05, 4.69) is 0 Å². The van der Waals surface area contributed by atoms with E-state index in [1.807, 2.05) is 38.2 Å². The maximum atomic E-state index is 12.2. The molecule has 4 heteroatoms. The summed E-state index contributed by atoms with van der Waals surface area (Å²) in [5.74, 6) is 0.256. The van der Waals surface area contributed by atoms with Crippen LogP contribution in [0.15, 0.2) is 24.3 Å². The highest BCUT2D eigenvalue weighted by Gasteiger charge is 2.27. The number of carbonyl (C=O) groups excluding carboxylic acids is 2. The van der Waals surface area contributed by atoms with E-state index in [1.165, 1.54) is 0 Å². The molecule has 1 aliphatic heterocycles. The topological polar surface area (TPSA) is 40.6 Å². The van der Waals surface area contributed by atoms with Crippen LogP contribution in [0.4, 0.5) is 10.5 Å². The van der Waals surface area contributed by atoms with Gasteiger partial charge < -0.3 is 4.90 Å². The van der Waals surface area contributed by atoms with Crippen molar-refractivity contribution in [1.82, 2.24) is 4.90 Å². The number of urea groups is 1. The number of anilines is 1. The highest BCUT2D eigenvalue weighted by molar-refractivity contribution is 5.94. The number of hydrogen-bond donors (Lipinski definition) is 0. The van der Waals surface area contributed by atoms with E-state index in [1.54, 1.807) is 9.80 Å². The first-order chi connectivity index (χ1) is 9.13. The maximum absolute atomic E-state index is 12.2. The van der Waals surface area contributed by atoms with Gasteiger partial charge in [-0.05, 0) is 18.1 Å². The Labute approximate surface area is 114 Å². The molecule has 2 amide bonds. The number of Topliss-reactive ketones (excluding diaryl/α,β-unsaturated/α-hetero) is 1. The van der Waals surface area contributed by atoms with Crippen LogP contribution in [0.25, 0.3) is 0 Å². The Morgan fingerprint density at radius 1 is 1.32 bits per heavy atom. The van der Waals surface area contributed by atoms with Crippen LogP contribution in [0.2, 0.25) is 0 Å². The molecule has 0 saturated carbocycles. The Morgan fingerprint density at radius 3 is 2.79 bits per heavy atom. The van der Waals surface area contributed by atoms with E-state index in [9.17, 15) is 9.59 Å². The lowest BCUT2D eigenvalue weighted by Crippen LogP contribution is -2.45. The molecule has 1 heterocycles. The quantitative estimate of drug-likeness (QED) is 0.816. The van der Waals surface area contributed by atoms with E-state index in [0.29, 0.717) is 25.9 Å². The minimum absolute atomic E-state index is 0.0163. The molecule has 0 unspecified atom stereocenters. The van der Waals surface area contributed by atoms with Crippen LogP contribution in [0, 0.1) is 0 Å². The van der Waals surface area contributed by atoms with Crippen LogP contribution in [-0.4, -0.2) is 30.3 Å². The molecule has 102 valence electrons. The van der Waals surface area contributed by atoms with Crippen LogP contribution in [0.5, 0.6) is 0 Å². The summed E-state index contributed by atoms with van der Waals surface area (Å²) < 4.78 is 0. The number of rotatable bonds is 5. The van der Waals surface area contributed by atoms with E-state index in [-0.39, 0.29) is 11.8 Å². The standard InChI is InChI=1S/C15H20N2O2/c1-3-13(18)8-6-10-17-14-9-5-4-7-12(14)11-16(2)15(17)19/h4-5,7,9H,3,6,8,10-11H2,1-2H3. The van der Waals surface area contributed by atoms with Crippen LogP contribution in [0.1, 0.15) is 31.7 Å². The van der Waals surface area contributed by atoms with Gasteiger partial charge in [-0.3, -0.25) is 9.69 Å². The van der Waals surface area contributed by atoms with Gasteiger partial charge in [0.2, 0.25) is 0 Å². The van der Waals surface area contributed by atoms with Crippen LogP contribution >= 0.6 is 0 Å². The van der Waals surface area contributed by atoms with Crippen molar-refractivity contribution in [2.75, 3.05) is 18.5 Å². The average Bonchev–Trinajstić information content (AvgIpc) is 2.42. The van der Waals surface area contributed by atoms with Gasteiger partial charge >= 0.3 is 6.03 Å². The zero-order chi connectivity index (χ0) is 13.8. The normalized spacial score (nSPS) is 14.5. The van der Waals surface area contributed by atoms with Crippen molar-refractivity contribution in [3.63, 3.8) is 0 Å². The average molecular weight is 260 g/mol. The van der Waals surface area contributed by atoms with Gasteiger partial charge in [-0.25, -0.2) is 4.79 Å². The fraction of sp³-hybridized carbons (Fsp3) is 0.467. The first kappa shape index (κ1) is 13.6. The molecule has 2 rings (SSSR count). The summed E-state index contributed by atoms with van der Waals surface area (Å²) in [6.07, 6.45) is 1.84. The smallest absolute Gasteiger partial charge is 0.323 e. The third-order valence-electron chi connectivity index (χ3n) is 3.48. The molecular weight excluding hydrogens is 240 g/mol. The SMILES string of the molecule is CCC(=O)CCCN1C(=O)N(C)Cc2ccccc21. The number of nitrogens with zero attached hydrogens (tertiary/aromatic N) is 2. The fourth-order valence-corrected chi connectivity index (χ4v) is 2.37. The van der Waals surface area contributed by atoms with Crippen molar-refractivity contribution < 1.29 is 9.59 Å². The summed E-state index contributed by atoms with van der Waals surface area (Å²) >= 11 is 0. The van der Waals surface area contributed by atoms with E-state index in [0.717, 1.165) is 17.7 Å². The largest absolute Gasteiger partial charge is 0.324 e. The van der Waals surface area contributed by atoms with Gasteiger partial charge in [0.25, 0.3) is 0 Å². The summed E-state index contributed by atoms with van der Waals surface area (Å²) in [5.41, 5.74) is 2.14. The van der Waals surface area contributed by atoms with Gasteiger partial charge in [0.05, 0.1) is 5.69 Å². The second-order valence-electron chi connectivity index (χ2n) is 4.91. The molecule has 0 N–H and O–H groups in total. The number of para-hydroxylation sites is 1. The summed E-state index contributed by atoms with van der Waals surface area (Å²) in [4.78, 5) is 27.0. The second kappa shape index (κ2) is 5.87. The number of benzene rings is 1. The molecule has 0 fully saturated rings. The minimum Gasteiger partial charge on any atom is -0.323 e. The molecular formula is C15H20N2O2. The summed E-state index contributed by atoms with van der Waals surface area (Å²) in [6, 6.07) is 7.97. The molecule has 0 aromatic heterocycles. The first-order valence-corrected chi connectivity index (χ1v) is 6.75. The number of carbonyl (C=O) groups is 2. The predicted octanol–water partition coefficient (Wildman–Crippen LogP) is 2.82. The number of fused-ring (bicyclic) bond motifs is 1. The highest BCUT2D eigenvalue weighted by atomic mass is 16.2. The van der Waals surface area contributed by atoms with Crippen molar-refractivity contribution in [3.8, 4) is 0 Å². The Balaban J connectivity index is 2.10. The molecule has 19 heavy (non-hydrogen) atoms. The molecule has 0 spiro atoms. The fourth-order valence-electron chi connectivity index (χ4n) is 2.37. The van der Waals surface area contributed by atoms with Gasteiger partial charge in [0.15, 0.2) is 0 Å². The van der Waals surface area contributed by atoms with Gasteiger partial charge in [-0.1, -0.05) is 25.1 Å². The Morgan fingerprint density at radius 2 is 2.05 bits per heavy atom. The predicted molar refractivity (Wildman–Crippen MR) is 75.2 cm³/mol. The molecule has 4 nitrogen and oxygen atoms in total. The van der Waals surface area contributed by atoms with E-state index >= 15 is 0 Å². The molecule has 0 radical (unpaired) electrons. The third kappa shape index (κ3) is 2.95. The lowest BCUT2D eigenvalue weighted by molar-refractivity contribution is -0.118. The molecule has 0 aliphatic carbocycles. The highest BCUT2D eigenvalue weighted by Crippen LogP contribution is 2.27. The van der Waals surface area contributed by atoms with Crippen LogP contribution in [-0.2, 0) is 11.3 Å². The van der Waals surface area contributed by atoms with E-state index < -0.39 is 0 Å². The third-order valence-corrected chi connectivity index (χ3v) is 3.48. The Bertz CT molecular complexity index is 485. The van der Waals surface area contributed by atoms with Crippen molar-refractivity contribution in [3.05, 3.63) is 29.8 Å². The van der Waals surface area contributed by atoms with Gasteiger partial charge in [-0.2, -0.15) is 0 Å². The number of ketones is 1.